The molecule has 176 valence electrons. The van der Waals surface area contributed by atoms with Crippen LogP contribution in [0.3, 0.4) is 0 Å². The number of fused-ring (bicyclic) bond motifs is 2. The Morgan fingerprint density at radius 1 is 0.800 bits per heavy atom. The lowest BCUT2D eigenvalue weighted by atomic mass is 10.1. The molecule has 0 aliphatic carbocycles. The molecule has 5 aromatic rings. The third-order valence-electron chi connectivity index (χ3n) is 6.32. The Balaban J connectivity index is 1.34. The van der Waals surface area contributed by atoms with Gasteiger partial charge in [0.25, 0.3) is 0 Å². The van der Waals surface area contributed by atoms with Gasteiger partial charge in [0, 0.05) is 0 Å². The van der Waals surface area contributed by atoms with Crippen molar-refractivity contribution in [3.05, 3.63) is 84.4 Å². The first kappa shape index (κ1) is 21.2. The summed E-state index contributed by atoms with van der Waals surface area (Å²) in [6, 6.07) is 25.2. The first-order valence-corrected chi connectivity index (χ1v) is 11.6. The monoisotopic (exact) mass is 468 g/mol. The molecule has 2 atom stereocenters. The zero-order chi connectivity index (χ0) is 23.6. The van der Waals surface area contributed by atoms with E-state index in [1.54, 1.807) is 0 Å². The van der Waals surface area contributed by atoms with Gasteiger partial charge in [-0.1, -0.05) is 65.0 Å². The normalized spacial score (nSPS) is 18.6. The van der Waals surface area contributed by atoms with Gasteiger partial charge in [0.2, 0.25) is 0 Å². The summed E-state index contributed by atoms with van der Waals surface area (Å²) in [7, 11) is 0. The predicted octanol–water partition coefficient (Wildman–Crippen LogP) is 4.20. The number of nitrogens with zero attached hydrogens (tertiary/aromatic N) is 7. The van der Waals surface area contributed by atoms with E-state index in [0.717, 1.165) is 46.9 Å². The van der Waals surface area contributed by atoms with Gasteiger partial charge in [-0.2, -0.15) is 5.01 Å². The molecule has 1 aliphatic heterocycles. The number of hydrogen-bond donors (Lipinski definition) is 1. The van der Waals surface area contributed by atoms with Crippen LogP contribution in [0.2, 0.25) is 0 Å². The molecule has 3 aromatic carbocycles. The van der Waals surface area contributed by atoms with E-state index in [2.05, 4.69) is 26.0 Å². The lowest BCUT2D eigenvalue weighted by molar-refractivity contribution is -0.0483. The number of rotatable bonds is 5. The SMILES string of the molecule is O=C(NN1C(n2nnc3ccccc32)CCCC1n1nnc2ccccc21)OCc1ccccc1. The smallest absolute Gasteiger partial charge is 0.422 e. The van der Waals surface area contributed by atoms with Gasteiger partial charge in [0.15, 0.2) is 0 Å². The van der Waals surface area contributed by atoms with Crippen molar-refractivity contribution in [3.8, 4) is 0 Å². The Kier molecular flexibility index (Phi) is 5.55. The van der Waals surface area contributed by atoms with E-state index in [0.29, 0.717) is 0 Å². The third kappa shape index (κ3) is 4.08. The van der Waals surface area contributed by atoms with Crippen LogP contribution in [-0.2, 0) is 11.3 Å². The molecule has 0 spiro atoms. The molecule has 0 saturated carbocycles. The fourth-order valence-electron chi connectivity index (χ4n) is 4.66. The minimum absolute atomic E-state index is 0.175. The summed E-state index contributed by atoms with van der Waals surface area (Å²) < 4.78 is 9.27. The van der Waals surface area contributed by atoms with Crippen molar-refractivity contribution < 1.29 is 9.53 Å². The topological polar surface area (TPSA) is 103 Å². The van der Waals surface area contributed by atoms with Crippen molar-refractivity contribution in [1.29, 1.82) is 0 Å². The second-order valence-corrected chi connectivity index (χ2v) is 8.52. The van der Waals surface area contributed by atoms with Crippen LogP contribution in [0.4, 0.5) is 4.79 Å². The average Bonchev–Trinajstić information content (AvgIpc) is 3.53. The molecule has 1 aliphatic rings. The molecule has 2 aromatic heterocycles. The van der Waals surface area contributed by atoms with Crippen LogP contribution in [-0.4, -0.2) is 41.1 Å². The average molecular weight is 469 g/mol. The molecule has 1 N–H and O–H groups in total. The molecule has 10 nitrogen and oxygen atoms in total. The van der Waals surface area contributed by atoms with E-state index in [1.165, 1.54) is 0 Å². The van der Waals surface area contributed by atoms with Crippen LogP contribution in [0.15, 0.2) is 78.9 Å². The van der Waals surface area contributed by atoms with Gasteiger partial charge in [-0.05, 0) is 49.1 Å². The largest absolute Gasteiger partial charge is 0.444 e. The molecule has 35 heavy (non-hydrogen) atoms. The zero-order valence-electron chi connectivity index (χ0n) is 18.9. The van der Waals surface area contributed by atoms with E-state index < -0.39 is 6.09 Å². The molecule has 1 saturated heterocycles. The first-order valence-electron chi connectivity index (χ1n) is 11.6. The molecule has 6 rings (SSSR count). The second kappa shape index (κ2) is 9.15. The Bertz CT molecular complexity index is 1380. The zero-order valence-corrected chi connectivity index (χ0v) is 18.9. The highest BCUT2D eigenvalue weighted by molar-refractivity contribution is 5.75. The maximum absolute atomic E-state index is 13.0. The Hall–Kier alpha value is -4.31. The lowest BCUT2D eigenvalue weighted by Crippen LogP contribution is -2.52. The van der Waals surface area contributed by atoms with Gasteiger partial charge in [0.1, 0.15) is 30.0 Å². The fourth-order valence-corrected chi connectivity index (χ4v) is 4.66. The van der Waals surface area contributed by atoms with Crippen molar-refractivity contribution in [2.24, 2.45) is 0 Å². The quantitative estimate of drug-likeness (QED) is 0.412. The molecule has 2 unspecified atom stereocenters. The van der Waals surface area contributed by atoms with E-state index in [4.69, 9.17) is 4.74 Å². The highest BCUT2D eigenvalue weighted by Gasteiger charge is 2.37. The Morgan fingerprint density at radius 2 is 1.34 bits per heavy atom. The van der Waals surface area contributed by atoms with Crippen molar-refractivity contribution in [1.82, 2.24) is 40.4 Å². The van der Waals surface area contributed by atoms with Gasteiger partial charge in [-0.3, -0.25) is 0 Å². The van der Waals surface area contributed by atoms with E-state index in [1.807, 2.05) is 93.2 Å². The summed E-state index contributed by atoms with van der Waals surface area (Å²) in [6.45, 7) is 0.175. The van der Waals surface area contributed by atoms with Gasteiger partial charge in [-0.25, -0.2) is 19.6 Å². The second-order valence-electron chi connectivity index (χ2n) is 8.52. The minimum Gasteiger partial charge on any atom is -0.444 e. The van der Waals surface area contributed by atoms with Crippen LogP contribution in [0.1, 0.15) is 37.2 Å². The summed E-state index contributed by atoms with van der Waals surface area (Å²) in [6.07, 6.45) is 1.35. The molecular weight excluding hydrogens is 444 g/mol. The summed E-state index contributed by atoms with van der Waals surface area (Å²) in [5.74, 6) is 0. The number of amides is 1. The van der Waals surface area contributed by atoms with Gasteiger partial charge < -0.3 is 4.74 Å². The van der Waals surface area contributed by atoms with Crippen LogP contribution in [0.25, 0.3) is 22.1 Å². The number of para-hydroxylation sites is 2. The number of carbonyl (C=O) groups excluding carboxylic acids is 1. The maximum Gasteiger partial charge on any atom is 0.422 e. The van der Waals surface area contributed by atoms with E-state index in [9.17, 15) is 4.79 Å². The minimum atomic E-state index is -0.542. The maximum atomic E-state index is 13.0. The van der Waals surface area contributed by atoms with Crippen molar-refractivity contribution in [2.75, 3.05) is 0 Å². The van der Waals surface area contributed by atoms with Crippen LogP contribution in [0.5, 0.6) is 0 Å². The van der Waals surface area contributed by atoms with E-state index >= 15 is 0 Å². The number of carbonyl (C=O) groups is 1. The summed E-state index contributed by atoms with van der Waals surface area (Å²) in [5.41, 5.74) is 7.29. The Morgan fingerprint density at radius 3 is 1.94 bits per heavy atom. The van der Waals surface area contributed by atoms with Crippen LogP contribution < -0.4 is 5.43 Å². The van der Waals surface area contributed by atoms with Gasteiger partial charge in [0.05, 0.1) is 11.0 Å². The van der Waals surface area contributed by atoms with Crippen LogP contribution in [0, 0.1) is 0 Å². The molecule has 1 amide bonds. The van der Waals surface area contributed by atoms with Crippen molar-refractivity contribution in [2.45, 2.75) is 38.2 Å². The van der Waals surface area contributed by atoms with Crippen LogP contribution >= 0.6 is 0 Å². The van der Waals surface area contributed by atoms with Crippen molar-refractivity contribution in [3.63, 3.8) is 0 Å². The number of hydrogen-bond acceptors (Lipinski definition) is 7. The predicted molar refractivity (Wildman–Crippen MR) is 129 cm³/mol. The number of benzene rings is 3. The number of aromatic nitrogens is 6. The highest BCUT2D eigenvalue weighted by Crippen LogP contribution is 2.36. The third-order valence-corrected chi connectivity index (χ3v) is 6.32. The number of piperidine rings is 1. The standard InChI is InChI=1S/C25H24N8O2/c34-25(35-17-18-9-2-1-3-10-18)28-33-23(31-21-13-6-4-11-19(21)26-29-31)15-8-16-24(33)32-22-14-7-5-12-20(22)27-30-32/h1-7,9-14,23-24H,8,15-17H2,(H,28,34). The summed E-state index contributed by atoms with van der Waals surface area (Å²) in [5, 5.41) is 19.4. The molecule has 0 radical (unpaired) electrons. The summed E-state index contributed by atoms with van der Waals surface area (Å²) >= 11 is 0. The molecule has 10 heteroatoms. The molecular formula is C25H24N8O2. The molecule has 1 fully saturated rings. The molecule has 0 bridgehead atoms. The fraction of sp³-hybridized carbons (Fsp3) is 0.240. The van der Waals surface area contributed by atoms with Gasteiger partial charge in [-0.15, -0.1) is 10.2 Å². The summed E-state index contributed by atoms with van der Waals surface area (Å²) in [4.78, 5) is 13.0. The van der Waals surface area contributed by atoms with E-state index in [-0.39, 0.29) is 18.9 Å². The van der Waals surface area contributed by atoms with Gasteiger partial charge >= 0.3 is 6.09 Å². The number of ether oxygens (including phenoxy) is 1. The number of hydrazine groups is 1. The molecule has 3 heterocycles. The van der Waals surface area contributed by atoms with Crippen molar-refractivity contribution >= 4 is 28.2 Å². The Labute approximate surface area is 201 Å². The number of nitrogens with one attached hydrogen (secondary N) is 1. The highest BCUT2D eigenvalue weighted by atomic mass is 16.6. The lowest BCUT2D eigenvalue weighted by Gasteiger charge is -2.41. The first-order chi connectivity index (χ1) is 17.3.